The topological polar surface area (TPSA) is 65.0 Å². The van der Waals surface area contributed by atoms with Gasteiger partial charge in [0.1, 0.15) is 0 Å². The molecule has 0 saturated heterocycles. The van der Waals surface area contributed by atoms with Gasteiger partial charge >= 0.3 is 11.9 Å². The fourth-order valence-corrected chi connectivity index (χ4v) is 1.10. The summed E-state index contributed by atoms with van der Waals surface area (Å²) < 4.78 is 9.83. The predicted octanol–water partition coefficient (Wildman–Crippen LogP) is 1.50. The molecule has 17 heavy (non-hydrogen) atoms. The first-order valence-electron chi connectivity index (χ1n) is 6.11. The highest BCUT2D eigenvalue weighted by Gasteiger charge is 2.29. The first kappa shape index (κ1) is 13.7. The van der Waals surface area contributed by atoms with Crippen LogP contribution in [0.25, 0.3) is 0 Å². The molecule has 0 unspecified atom stereocenters. The van der Waals surface area contributed by atoms with Crippen molar-refractivity contribution in [3.05, 3.63) is 0 Å². The van der Waals surface area contributed by atoms with Crippen molar-refractivity contribution in [1.82, 2.24) is 0 Å². The van der Waals surface area contributed by atoms with E-state index in [4.69, 9.17) is 9.47 Å². The van der Waals surface area contributed by atoms with E-state index in [1.807, 2.05) is 13.8 Å². The molecular weight excluding hydrogens is 222 g/mol. The summed E-state index contributed by atoms with van der Waals surface area (Å²) in [6.07, 6.45) is 3.27. The number of aliphatic imine (C=N–C) groups is 1. The van der Waals surface area contributed by atoms with Crippen LogP contribution in [-0.4, -0.2) is 36.9 Å². The third kappa shape index (κ3) is 4.97. The summed E-state index contributed by atoms with van der Waals surface area (Å²) in [4.78, 5) is 27.3. The number of nitrogens with zero attached hydrogens (tertiary/aromatic N) is 1. The van der Waals surface area contributed by atoms with Crippen molar-refractivity contribution in [3.63, 3.8) is 0 Å². The number of esters is 2. The molecule has 0 radical (unpaired) electrons. The molecule has 1 aliphatic carbocycles. The molecule has 5 nitrogen and oxygen atoms in total. The molecule has 1 saturated carbocycles. The minimum Gasteiger partial charge on any atom is -0.461 e. The average molecular weight is 241 g/mol. The zero-order valence-electron chi connectivity index (χ0n) is 10.4. The van der Waals surface area contributed by atoms with Gasteiger partial charge in [-0.2, -0.15) is 0 Å². The van der Waals surface area contributed by atoms with Gasteiger partial charge in [-0.3, -0.25) is 4.99 Å². The molecule has 0 aromatic carbocycles. The molecule has 0 aromatic rings. The van der Waals surface area contributed by atoms with E-state index in [-0.39, 0.29) is 11.8 Å². The smallest absolute Gasteiger partial charge is 0.364 e. The Bertz CT molecular complexity index is 286. The van der Waals surface area contributed by atoms with Gasteiger partial charge < -0.3 is 9.47 Å². The summed E-state index contributed by atoms with van der Waals surface area (Å²) in [7, 11) is 0. The highest BCUT2D eigenvalue weighted by molar-refractivity contribution is 6.62. The number of ether oxygens (including phenoxy) is 2. The third-order valence-electron chi connectivity index (χ3n) is 2.12. The quantitative estimate of drug-likeness (QED) is 0.385. The first-order chi connectivity index (χ1) is 8.19. The summed E-state index contributed by atoms with van der Waals surface area (Å²) in [6, 6.07) is 0.0911. The van der Waals surface area contributed by atoms with Crippen LogP contribution in [0, 0.1) is 0 Å². The molecule has 1 fully saturated rings. The number of rotatable bonds is 7. The SMILES string of the molecule is CCCOC(=O)C(=NC1CC1)C(=O)OCCC. The summed E-state index contributed by atoms with van der Waals surface area (Å²) in [5, 5.41) is 0. The summed E-state index contributed by atoms with van der Waals surface area (Å²) in [6.45, 7) is 4.37. The van der Waals surface area contributed by atoms with E-state index in [1.165, 1.54) is 0 Å². The number of carbonyl (C=O) groups excluding carboxylic acids is 2. The second kappa shape index (κ2) is 7.04. The lowest BCUT2D eigenvalue weighted by molar-refractivity contribution is -0.141. The third-order valence-corrected chi connectivity index (χ3v) is 2.12. The number of hydrogen-bond donors (Lipinski definition) is 0. The largest absolute Gasteiger partial charge is 0.461 e. The molecule has 0 bridgehead atoms. The maximum atomic E-state index is 11.6. The fraction of sp³-hybridized carbons (Fsp3) is 0.750. The fourth-order valence-electron chi connectivity index (χ4n) is 1.10. The molecule has 0 N–H and O–H groups in total. The van der Waals surface area contributed by atoms with Crippen LogP contribution in [-0.2, 0) is 19.1 Å². The van der Waals surface area contributed by atoms with Crippen LogP contribution in [0.4, 0.5) is 0 Å². The van der Waals surface area contributed by atoms with Gasteiger partial charge in [-0.25, -0.2) is 9.59 Å². The van der Waals surface area contributed by atoms with E-state index in [0.29, 0.717) is 26.1 Å². The molecule has 1 rings (SSSR count). The van der Waals surface area contributed by atoms with Crippen molar-refractivity contribution in [2.75, 3.05) is 13.2 Å². The van der Waals surface area contributed by atoms with Gasteiger partial charge in [0.2, 0.25) is 5.71 Å². The van der Waals surface area contributed by atoms with Crippen LogP contribution in [0.2, 0.25) is 0 Å². The summed E-state index contributed by atoms with van der Waals surface area (Å²) in [5.74, 6) is -1.33. The highest BCUT2D eigenvalue weighted by atomic mass is 16.6. The monoisotopic (exact) mass is 241 g/mol. The van der Waals surface area contributed by atoms with E-state index < -0.39 is 11.9 Å². The normalized spacial score (nSPS) is 14.0. The van der Waals surface area contributed by atoms with Crippen LogP contribution in [0.15, 0.2) is 4.99 Å². The Morgan fingerprint density at radius 2 is 1.53 bits per heavy atom. The van der Waals surface area contributed by atoms with Crippen LogP contribution >= 0.6 is 0 Å². The Hall–Kier alpha value is -1.39. The van der Waals surface area contributed by atoms with Gasteiger partial charge in [-0.05, 0) is 25.7 Å². The Balaban J connectivity index is 2.59. The van der Waals surface area contributed by atoms with Crippen LogP contribution in [0.5, 0.6) is 0 Å². The van der Waals surface area contributed by atoms with Gasteiger partial charge in [-0.1, -0.05) is 13.8 Å². The van der Waals surface area contributed by atoms with Gasteiger partial charge in [-0.15, -0.1) is 0 Å². The Labute approximate surface area is 101 Å². The Morgan fingerprint density at radius 1 is 1.06 bits per heavy atom. The molecule has 0 atom stereocenters. The average Bonchev–Trinajstić information content (AvgIpc) is 3.13. The molecule has 1 aliphatic rings. The van der Waals surface area contributed by atoms with Crippen molar-refractivity contribution in [3.8, 4) is 0 Å². The van der Waals surface area contributed by atoms with Gasteiger partial charge in [0.05, 0.1) is 19.3 Å². The standard InChI is InChI=1S/C12H19NO4/c1-3-7-16-11(14)10(13-9-5-6-9)12(15)17-8-4-2/h9H,3-8H2,1-2H3. The van der Waals surface area contributed by atoms with E-state index in [1.54, 1.807) is 0 Å². The maximum absolute atomic E-state index is 11.6. The molecule has 5 heteroatoms. The number of carbonyl (C=O) groups is 2. The molecule has 0 aromatic heterocycles. The van der Waals surface area contributed by atoms with E-state index >= 15 is 0 Å². The second-order valence-corrected chi connectivity index (χ2v) is 3.98. The van der Waals surface area contributed by atoms with Crippen LogP contribution in [0.1, 0.15) is 39.5 Å². The van der Waals surface area contributed by atoms with Crippen molar-refractivity contribution in [1.29, 1.82) is 0 Å². The Morgan fingerprint density at radius 3 is 1.88 bits per heavy atom. The molecule has 0 aliphatic heterocycles. The number of hydrogen-bond acceptors (Lipinski definition) is 5. The lowest BCUT2D eigenvalue weighted by Gasteiger charge is -2.06. The predicted molar refractivity (Wildman–Crippen MR) is 63.0 cm³/mol. The van der Waals surface area contributed by atoms with Crippen molar-refractivity contribution >= 4 is 17.7 Å². The van der Waals surface area contributed by atoms with Crippen molar-refractivity contribution in [2.24, 2.45) is 4.99 Å². The molecule has 0 heterocycles. The van der Waals surface area contributed by atoms with E-state index in [2.05, 4.69) is 4.99 Å². The minimum atomic E-state index is -0.667. The van der Waals surface area contributed by atoms with E-state index in [9.17, 15) is 9.59 Å². The lowest BCUT2D eigenvalue weighted by Crippen LogP contribution is -2.29. The zero-order chi connectivity index (χ0) is 12.7. The minimum absolute atomic E-state index is 0.0911. The van der Waals surface area contributed by atoms with Gasteiger partial charge in [0.25, 0.3) is 0 Å². The zero-order valence-corrected chi connectivity index (χ0v) is 10.4. The first-order valence-corrected chi connectivity index (χ1v) is 6.11. The van der Waals surface area contributed by atoms with E-state index in [0.717, 1.165) is 12.8 Å². The van der Waals surface area contributed by atoms with Gasteiger partial charge in [0, 0.05) is 0 Å². The molecule has 0 spiro atoms. The molecular formula is C12H19NO4. The summed E-state index contributed by atoms with van der Waals surface area (Å²) >= 11 is 0. The van der Waals surface area contributed by atoms with Crippen molar-refractivity contribution in [2.45, 2.75) is 45.6 Å². The van der Waals surface area contributed by atoms with Crippen molar-refractivity contribution < 1.29 is 19.1 Å². The lowest BCUT2D eigenvalue weighted by atomic mass is 10.3. The van der Waals surface area contributed by atoms with Gasteiger partial charge in [0.15, 0.2) is 0 Å². The molecule has 96 valence electrons. The second-order valence-electron chi connectivity index (χ2n) is 3.98. The molecule has 0 amide bonds. The maximum Gasteiger partial charge on any atom is 0.364 e. The summed E-state index contributed by atoms with van der Waals surface area (Å²) in [5.41, 5.74) is -0.186. The highest BCUT2D eigenvalue weighted by Crippen LogP contribution is 2.23. The Kier molecular flexibility index (Phi) is 5.66. The van der Waals surface area contributed by atoms with Crippen LogP contribution < -0.4 is 0 Å². The van der Waals surface area contributed by atoms with Crippen LogP contribution in [0.3, 0.4) is 0 Å².